The molecule has 0 saturated carbocycles. The van der Waals surface area contributed by atoms with Crippen molar-refractivity contribution in [3.8, 4) is 5.75 Å². The summed E-state index contributed by atoms with van der Waals surface area (Å²) in [5, 5.41) is 10.8. The van der Waals surface area contributed by atoms with Crippen LogP contribution in [0.4, 0.5) is 0 Å². The molecule has 1 aromatic heterocycles. The van der Waals surface area contributed by atoms with E-state index in [4.69, 9.17) is 19.0 Å². The molecule has 7 nitrogen and oxygen atoms in total. The minimum Gasteiger partial charge on any atom is -0.491 e. The van der Waals surface area contributed by atoms with Gasteiger partial charge in [-0.05, 0) is 31.0 Å². The standard InChI is InChI=1S/C21H32N4O3.HI/c1-5-19-18(20(6-2)28-25-19)15-24-21(22-7-3)23-14-16-9-8-10-17(13-16)27-12-11-26-4;/h8-10,13H,5-7,11-12,14-15H2,1-4H3,(H2,22,23,24);1H. The number of halogens is 1. The topological polar surface area (TPSA) is 80.9 Å². The van der Waals surface area contributed by atoms with Gasteiger partial charge in [-0.1, -0.05) is 31.1 Å². The highest BCUT2D eigenvalue weighted by Crippen LogP contribution is 2.16. The van der Waals surface area contributed by atoms with Gasteiger partial charge >= 0.3 is 0 Å². The quantitative estimate of drug-likeness (QED) is 0.205. The number of nitrogens with zero attached hydrogens (tertiary/aromatic N) is 2. The van der Waals surface area contributed by atoms with Crippen molar-refractivity contribution in [1.82, 2.24) is 15.8 Å². The summed E-state index contributed by atoms with van der Waals surface area (Å²) < 4.78 is 16.1. The molecule has 0 aliphatic carbocycles. The normalized spacial score (nSPS) is 11.1. The maximum absolute atomic E-state index is 5.67. The lowest BCUT2D eigenvalue weighted by Crippen LogP contribution is -2.37. The zero-order valence-electron chi connectivity index (χ0n) is 17.8. The molecule has 0 radical (unpaired) electrons. The second-order valence-electron chi connectivity index (χ2n) is 6.28. The summed E-state index contributed by atoms with van der Waals surface area (Å²) in [5.74, 6) is 2.52. The lowest BCUT2D eigenvalue weighted by atomic mass is 10.1. The van der Waals surface area contributed by atoms with Crippen LogP contribution >= 0.6 is 24.0 Å². The molecular formula is C21H33IN4O3. The average Bonchev–Trinajstić information content (AvgIpc) is 3.12. The Morgan fingerprint density at radius 1 is 1.14 bits per heavy atom. The molecule has 0 unspecified atom stereocenters. The van der Waals surface area contributed by atoms with E-state index in [0.29, 0.717) is 26.3 Å². The molecule has 0 bridgehead atoms. The molecular weight excluding hydrogens is 483 g/mol. The molecule has 29 heavy (non-hydrogen) atoms. The summed E-state index contributed by atoms with van der Waals surface area (Å²) in [7, 11) is 1.66. The van der Waals surface area contributed by atoms with E-state index in [2.05, 4.69) is 36.6 Å². The van der Waals surface area contributed by atoms with Crippen LogP contribution in [0.3, 0.4) is 0 Å². The van der Waals surface area contributed by atoms with E-state index in [-0.39, 0.29) is 24.0 Å². The number of hydrogen-bond acceptors (Lipinski definition) is 5. The van der Waals surface area contributed by atoms with Gasteiger partial charge in [0, 0.05) is 32.2 Å². The molecule has 2 aromatic rings. The number of nitrogens with one attached hydrogen (secondary N) is 2. The number of benzene rings is 1. The van der Waals surface area contributed by atoms with Crippen LogP contribution in [0.1, 0.15) is 43.4 Å². The summed E-state index contributed by atoms with van der Waals surface area (Å²) in [6.07, 6.45) is 1.68. The van der Waals surface area contributed by atoms with Crippen molar-refractivity contribution in [2.45, 2.75) is 46.7 Å². The van der Waals surface area contributed by atoms with E-state index in [1.54, 1.807) is 7.11 Å². The van der Waals surface area contributed by atoms with Crippen molar-refractivity contribution in [1.29, 1.82) is 0 Å². The fraction of sp³-hybridized carbons (Fsp3) is 0.524. The Balaban J connectivity index is 0.00000420. The van der Waals surface area contributed by atoms with E-state index in [1.807, 2.05) is 24.3 Å². The molecule has 0 aliphatic heterocycles. The van der Waals surface area contributed by atoms with Gasteiger partial charge in [0.1, 0.15) is 18.1 Å². The lowest BCUT2D eigenvalue weighted by molar-refractivity contribution is 0.146. The van der Waals surface area contributed by atoms with E-state index in [9.17, 15) is 0 Å². The SMILES string of the molecule is CCNC(=NCc1cccc(OCCOC)c1)NCc1c(CC)noc1CC.I. The maximum atomic E-state index is 5.67. The third kappa shape index (κ3) is 8.22. The number of guanidine groups is 1. The molecule has 1 heterocycles. The number of methoxy groups -OCH3 is 1. The maximum Gasteiger partial charge on any atom is 0.191 e. The monoisotopic (exact) mass is 516 g/mol. The predicted octanol–water partition coefficient (Wildman–Crippen LogP) is 3.70. The molecule has 0 spiro atoms. The van der Waals surface area contributed by atoms with Gasteiger partial charge < -0.3 is 24.6 Å². The Morgan fingerprint density at radius 2 is 1.97 bits per heavy atom. The first-order valence-electron chi connectivity index (χ1n) is 9.90. The molecule has 0 amide bonds. The summed E-state index contributed by atoms with van der Waals surface area (Å²) in [5.41, 5.74) is 3.21. The summed E-state index contributed by atoms with van der Waals surface area (Å²) in [6.45, 7) is 9.30. The van der Waals surface area contributed by atoms with Crippen molar-refractivity contribution in [3.63, 3.8) is 0 Å². The van der Waals surface area contributed by atoms with Gasteiger partial charge in [-0.2, -0.15) is 0 Å². The molecule has 0 fully saturated rings. The summed E-state index contributed by atoms with van der Waals surface area (Å²) in [6, 6.07) is 7.97. The van der Waals surface area contributed by atoms with Gasteiger partial charge in [-0.15, -0.1) is 24.0 Å². The van der Waals surface area contributed by atoms with Crippen molar-refractivity contribution in [2.24, 2.45) is 4.99 Å². The molecule has 1 aromatic carbocycles. The van der Waals surface area contributed by atoms with Crippen LogP contribution in [0.5, 0.6) is 5.75 Å². The fourth-order valence-corrected chi connectivity index (χ4v) is 2.80. The smallest absolute Gasteiger partial charge is 0.191 e. The van der Waals surface area contributed by atoms with Crippen LogP contribution in [0.25, 0.3) is 0 Å². The molecule has 0 atom stereocenters. The Bertz CT molecular complexity index is 728. The van der Waals surface area contributed by atoms with E-state index >= 15 is 0 Å². The van der Waals surface area contributed by atoms with Gasteiger partial charge in [0.05, 0.1) is 18.8 Å². The van der Waals surface area contributed by atoms with Crippen LogP contribution in [0.2, 0.25) is 0 Å². The molecule has 2 N–H and O–H groups in total. The van der Waals surface area contributed by atoms with Gasteiger partial charge in [-0.3, -0.25) is 0 Å². The van der Waals surface area contributed by atoms with Crippen molar-refractivity contribution in [3.05, 3.63) is 46.8 Å². The molecule has 8 heteroatoms. The zero-order chi connectivity index (χ0) is 20.2. The Kier molecular flexibility index (Phi) is 12.4. The van der Waals surface area contributed by atoms with Gasteiger partial charge in [-0.25, -0.2) is 4.99 Å². The zero-order valence-corrected chi connectivity index (χ0v) is 20.1. The van der Waals surface area contributed by atoms with Crippen molar-refractivity contribution in [2.75, 3.05) is 26.9 Å². The van der Waals surface area contributed by atoms with Gasteiger partial charge in [0.2, 0.25) is 0 Å². The lowest BCUT2D eigenvalue weighted by Gasteiger charge is -2.12. The number of aliphatic imine (C=N–C) groups is 1. The Labute approximate surface area is 190 Å². The van der Waals surface area contributed by atoms with Gasteiger partial charge in [0.15, 0.2) is 5.96 Å². The molecule has 0 aliphatic rings. The third-order valence-electron chi connectivity index (χ3n) is 4.26. The highest BCUT2D eigenvalue weighted by molar-refractivity contribution is 14.0. The largest absolute Gasteiger partial charge is 0.491 e. The van der Waals surface area contributed by atoms with E-state index in [1.165, 1.54) is 0 Å². The minimum absolute atomic E-state index is 0. The van der Waals surface area contributed by atoms with Crippen molar-refractivity contribution < 1.29 is 14.0 Å². The molecule has 0 saturated heterocycles. The molecule has 2 rings (SSSR count). The fourth-order valence-electron chi connectivity index (χ4n) is 2.80. The van der Waals surface area contributed by atoms with Crippen molar-refractivity contribution >= 4 is 29.9 Å². The second kappa shape index (κ2) is 14.2. The number of aryl methyl sites for hydroxylation is 2. The second-order valence-corrected chi connectivity index (χ2v) is 6.28. The number of hydrogen-bond donors (Lipinski definition) is 2. The van der Waals surface area contributed by atoms with Crippen LogP contribution in [-0.2, 0) is 30.7 Å². The number of aromatic nitrogens is 1. The average molecular weight is 516 g/mol. The Hall–Kier alpha value is -1.81. The van der Waals surface area contributed by atoms with Crippen LogP contribution in [-0.4, -0.2) is 38.0 Å². The first kappa shape index (κ1) is 25.2. The highest BCUT2D eigenvalue weighted by Gasteiger charge is 2.13. The molecule has 162 valence electrons. The Morgan fingerprint density at radius 3 is 2.66 bits per heavy atom. The number of rotatable bonds is 11. The van der Waals surface area contributed by atoms with Crippen LogP contribution < -0.4 is 15.4 Å². The summed E-state index contributed by atoms with van der Waals surface area (Å²) >= 11 is 0. The first-order valence-corrected chi connectivity index (χ1v) is 9.90. The number of ether oxygens (including phenoxy) is 2. The third-order valence-corrected chi connectivity index (χ3v) is 4.26. The highest BCUT2D eigenvalue weighted by atomic mass is 127. The minimum atomic E-state index is 0. The van der Waals surface area contributed by atoms with E-state index in [0.717, 1.165) is 53.7 Å². The van der Waals surface area contributed by atoms with E-state index < -0.39 is 0 Å². The summed E-state index contributed by atoms with van der Waals surface area (Å²) in [4.78, 5) is 4.69. The van der Waals surface area contributed by atoms with Gasteiger partial charge in [0.25, 0.3) is 0 Å². The van der Waals surface area contributed by atoms with Crippen LogP contribution in [0, 0.1) is 0 Å². The predicted molar refractivity (Wildman–Crippen MR) is 126 cm³/mol. The van der Waals surface area contributed by atoms with Crippen LogP contribution in [0.15, 0.2) is 33.8 Å². The first-order chi connectivity index (χ1) is 13.7.